The Morgan fingerprint density at radius 3 is 2.94 bits per heavy atom. The Morgan fingerprint density at radius 1 is 1.35 bits per heavy atom. The lowest BCUT2D eigenvalue weighted by atomic mass is 9.97. The van der Waals surface area contributed by atoms with Crippen molar-refractivity contribution in [3.05, 3.63) is 28.5 Å². The quantitative estimate of drug-likeness (QED) is 0.877. The van der Waals surface area contributed by atoms with Crippen molar-refractivity contribution in [2.24, 2.45) is 11.8 Å². The summed E-state index contributed by atoms with van der Waals surface area (Å²) in [5.41, 5.74) is 1.19. The number of nitrogens with zero attached hydrogens (tertiary/aromatic N) is 1. The predicted octanol–water partition coefficient (Wildman–Crippen LogP) is 2.34. The van der Waals surface area contributed by atoms with Crippen LogP contribution in [0.15, 0.2) is 22.9 Å². The van der Waals surface area contributed by atoms with Crippen LogP contribution in [0, 0.1) is 11.8 Å². The number of nitrogens with one attached hydrogen (secondary N) is 1. The Morgan fingerprint density at radius 2 is 2.18 bits per heavy atom. The fourth-order valence-electron chi connectivity index (χ4n) is 2.58. The standard InChI is InChI=1S/C13H19BrN2O/c14-13-4-10(6-16-8-13)5-15-7-11-2-1-3-12(11)9-17/h4,6,8,11-12,15,17H,1-3,5,7,9H2. The van der Waals surface area contributed by atoms with E-state index in [1.165, 1.54) is 24.8 Å². The van der Waals surface area contributed by atoms with Crippen LogP contribution in [-0.4, -0.2) is 23.2 Å². The summed E-state index contributed by atoms with van der Waals surface area (Å²) in [6.07, 6.45) is 7.37. The van der Waals surface area contributed by atoms with Crippen molar-refractivity contribution in [3.63, 3.8) is 0 Å². The van der Waals surface area contributed by atoms with Crippen molar-refractivity contribution in [2.45, 2.75) is 25.8 Å². The summed E-state index contributed by atoms with van der Waals surface area (Å²) in [5, 5.41) is 12.7. The van der Waals surface area contributed by atoms with E-state index in [-0.39, 0.29) is 0 Å². The van der Waals surface area contributed by atoms with Crippen molar-refractivity contribution in [1.82, 2.24) is 10.3 Å². The molecule has 0 bridgehead atoms. The number of hydrogen-bond acceptors (Lipinski definition) is 3. The van der Waals surface area contributed by atoms with E-state index in [2.05, 4.69) is 32.3 Å². The third-order valence-corrected chi connectivity index (χ3v) is 3.98. The van der Waals surface area contributed by atoms with Gasteiger partial charge in [0.05, 0.1) is 0 Å². The van der Waals surface area contributed by atoms with Crippen LogP contribution >= 0.6 is 15.9 Å². The molecule has 1 saturated carbocycles. The van der Waals surface area contributed by atoms with Gasteiger partial charge in [-0.3, -0.25) is 4.98 Å². The van der Waals surface area contributed by atoms with E-state index in [0.717, 1.165) is 17.6 Å². The summed E-state index contributed by atoms with van der Waals surface area (Å²) in [6, 6.07) is 2.08. The molecule has 1 aliphatic carbocycles. The van der Waals surface area contributed by atoms with E-state index in [1.54, 1.807) is 6.20 Å². The smallest absolute Gasteiger partial charge is 0.0462 e. The molecule has 2 unspecified atom stereocenters. The monoisotopic (exact) mass is 298 g/mol. The Bertz CT molecular complexity index is 359. The molecular weight excluding hydrogens is 280 g/mol. The van der Waals surface area contributed by atoms with E-state index in [0.29, 0.717) is 18.4 Å². The van der Waals surface area contributed by atoms with E-state index in [9.17, 15) is 5.11 Å². The normalized spacial score (nSPS) is 24.1. The summed E-state index contributed by atoms with van der Waals surface area (Å²) >= 11 is 3.42. The van der Waals surface area contributed by atoms with Gasteiger partial charge in [0.2, 0.25) is 0 Å². The highest BCUT2D eigenvalue weighted by atomic mass is 79.9. The molecule has 2 atom stereocenters. The molecule has 3 nitrogen and oxygen atoms in total. The molecular formula is C13H19BrN2O. The van der Waals surface area contributed by atoms with E-state index in [4.69, 9.17) is 0 Å². The minimum atomic E-state index is 0.338. The van der Waals surface area contributed by atoms with Gasteiger partial charge in [-0.15, -0.1) is 0 Å². The molecule has 1 aromatic heterocycles. The van der Waals surface area contributed by atoms with Gasteiger partial charge in [-0.05, 0) is 58.8 Å². The maximum absolute atomic E-state index is 9.25. The van der Waals surface area contributed by atoms with Crippen molar-refractivity contribution >= 4 is 15.9 Å². The number of rotatable bonds is 5. The summed E-state index contributed by atoms with van der Waals surface area (Å²) in [5.74, 6) is 1.14. The van der Waals surface area contributed by atoms with Crippen molar-refractivity contribution in [2.75, 3.05) is 13.2 Å². The number of hydrogen-bond donors (Lipinski definition) is 2. The van der Waals surface area contributed by atoms with Gasteiger partial charge in [-0.1, -0.05) is 6.42 Å². The number of halogens is 1. The Kier molecular flexibility index (Phi) is 4.95. The largest absolute Gasteiger partial charge is 0.396 e. The molecule has 1 aromatic rings. The Balaban J connectivity index is 1.76. The highest BCUT2D eigenvalue weighted by Gasteiger charge is 2.25. The van der Waals surface area contributed by atoms with Crippen LogP contribution in [0.1, 0.15) is 24.8 Å². The zero-order valence-electron chi connectivity index (χ0n) is 9.90. The highest BCUT2D eigenvalue weighted by Crippen LogP contribution is 2.30. The van der Waals surface area contributed by atoms with Gasteiger partial charge in [-0.25, -0.2) is 0 Å². The van der Waals surface area contributed by atoms with E-state index in [1.807, 2.05) is 6.20 Å². The Labute approximate surface area is 111 Å². The molecule has 2 N–H and O–H groups in total. The third kappa shape index (κ3) is 3.76. The fourth-order valence-corrected chi connectivity index (χ4v) is 2.99. The second-order valence-electron chi connectivity index (χ2n) is 4.78. The lowest BCUT2D eigenvalue weighted by molar-refractivity contribution is 0.192. The number of pyridine rings is 1. The van der Waals surface area contributed by atoms with Crippen LogP contribution in [0.3, 0.4) is 0 Å². The SMILES string of the molecule is OCC1CCCC1CNCc1cncc(Br)c1. The van der Waals surface area contributed by atoms with Crippen LogP contribution in [0.5, 0.6) is 0 Å². The molecule has 0 spiro atoms. The fraction of sp³-hybridized carbons (Fsp3) is 0.615. The summed E-state index contributed by atoms with van der Waals surface area (Å²) in [6.45, 7) is 2.18. The molecule has 94 valence electrons. The van der Waals surface area contributed by atoms with Crippen molar-refractivity contribution in [1.29, 1.82) is 0 Å². The van der Waals surface area contributed by atoms with Crippen molar-refractivity contribution in [3.8, 4) is 0 Å². The van der Waals surface area contributed by atoms with E-state index >= 15 is 0 Å². The highest BCUT2D eigenvalue weighted by molar-refractivity contribution is 9.10. The molecule has 0 amide bonds. The second kappa shape index (κ2) is 6.47. The molecule has 0 aromatic carbocycles. The molecule has 0 aliphatic heterocycles. The van der Waals surface area contributed by atoms with Crippen LogP contribution in [0.2, 0.25) is 0 Å². The lowest BCUT2D eigenvalue weighted by Gasteiger charge is -2.17. The summed E-state index contributed by atoms with van der Waals surface area (Å²) in [7, 11) is 0. The summed E-state index contributed by atoms with van der Waals surface area (Å²) < 4.78 is 1.02. The van der Waals surface area contributed by atoms with Crippen molar-refractivity contribution < 1.29 is 5.11 Å². The van der Waals surface area contributed by atoms with E-state index < -0.39 is 0 Å². The lowest BCUT2D eigenvalue weighted by Crippen LogP contribution is -2.26. The van der Waals surface area contributed by atoms with Gasteiger partial charge in [0.15, 0.2) is 0 Å². The zero-order valence-corrected chi connectivity index (χ0v) is 11.5. The average Bonchev–Trinajstić information content (AvgIpc) is 2.77. The first-order valence-corrected chi connectivity index (χ1v) is 7.00. The van der Waals surface area contributed by atoms with Gasteiger partial charge in [-0.2, -0.15) is 0 Å². The molecule has 1 heterocycles. The molecule has 17 heavy (non-hydrogen) atoms. The molecule has 2 rings (SSSR count). The third-order valence-electron chi connectivity index (χ3n) is 3.55. The molecule has 4 heteroatoms. The van der Waals surface area contributed by atoms with Crippen LogP contribution in [0.4, 0.5) is 0 Å². The number of aromatic nitrogens is 1. The molecule has 0 saturated heterocycles. The second-order valence-corrected chi connectivity index (χ2v) is 5.69. The van der Waals surface area contributed by atoms with Crippen LogP contribution < -0.4 is 5.32 Å². The minimum Gasteiger partial charge on any atom is -0.396 e. The van der Waals surface area contributed by atoms with Gasteiger partial charge >= 0.3 is 0 Å². The van der Waals surface area contributed by atoms with Gasteiger partial charge < -0.3 is 10.4 Å². The first-order chi connectivity index (χ1) is 8.29. The number of aliphatic hydroxyl groups excluding tert-OH is 1. The first-order valence-electron chi connectivity index (χ1n) is 6.20. The predicted molar refractivity (Wildman–Crippen MR) is 71.6 cm³/mol. The topological polar surface area (TPSA) is 45.1 Å². The average molecular weight is 299 g/mol. The zero-order chi connectivity index (χ0) is 12.1. The molecule has 1 fully saturated rings. The maximum atomic E-state index is 9.25. The first kappa shape index (κ1) is 13.0. The molecule has 0 radical (unpaired) electrons. The van der Waals surface area contributed by atoms with Crippen LogP contribution in [-0.2, 0) is 6.54 Å². The van der Waals surface area contributed by atoms with Gasteiger partial charge in [0, 0.05) is 30.0 Å². The minimum absolute atomic E-state index is 0.338. The maximum Gasteiger partial charge on any atom is 0.0462 e. The number of aliphatic hydroxyl groups is 1. The summed E-state index contributed by atoms with van der Waals surface area (Å²) in [4.78, 5) is 4.14. The van der Waals surface area contributed by atoms with Gasteiger partial charge in [0.25, 0.3) is 0 Å². The van der Waals surface area contributed by atoms with Gasteiger partial charge in [0.1, 0.15) is 0 Å². The van der Waals surface area contributed by atoms with Crippen LogP contribution in [0.25, 0.3) is 0 Å². The Hall–Kier alpha value is -0.450. The molecule has 1 aliphatic rings.